The van der Waals surface area contributed by atoms with Crippen LogP contribution in [0.5, 0.6) is 11.5 Å². The molecule has 1 atom stereocenters. The van der Waals surface area contributed by atoms with Crippen LogP contribution in [0.1, 0.15) is 25.3 Å². The number of rotatable bonds is 6. The van der Waals surface area contributed by atoms with E-state index in [1.807, 2.05) is 24.3 Å². The Morgan fingerprint density at radius 1 is 1.14 bits per heavy atom. The molecule has 3 aromatic rings. The maximum absolute atomic E-state index is 5.67. The van der Waals surface area contributed by atoms with Crippen molar-refractivity contribution in [3.05, 3.63) is 48.3 Å². The number of hydrogen-bond acceptors (Lipinski definition) is 9. The van der Waals surface area contributed by atoms with Crippen LogP contribution in [0, 0.1) is 5.92 Å². The van der Waals surface area contributed by atoms with E-state index in [2.05, 4.69) is 37.4 Å². The first-order valence-electron chi connectivity index (χ1n) is 11.6. The van der Waals surface area contributed by atoms with Gasteiger partial charge < -0.3 is 25.0 Å². The molecule has 0 radical (unpaired) electrons. The van der Waals surface area contributed by atoms with Gasteiger partial charge in [0.25, 0.3) is 0 Å². The van der Waals surface area contributed by atoms with Gasteiger partial charge in [-0.15, -0.1) is 0 Å². The second-order valence-electron chi connectivity index (χ2n) is 8.50. The summed E-state index contributed by atoms with van der Waals surface area (Å²) < 4.78 is 11.3. The lowest BCUT2D eigenvalue weighted by atomic mass is 10.0. The number of hydrogen-bond donors (Lipinski definition) is 2. The predicted octanol–water partition coefficient (Wildman–Crippen LogP) is 3.91. The highest BCUT2D eigenvalue weighted by atomic mass is 32.2. The van der Waals surface area contributed by atoms with Crippen LogP contribution < -0.4 is 25.0 Å². The van der Waals surface area contributed by atoms with E-state index >= 15 is 0 Å². The second kappa shape index (κ2) is 11.0. The van der Waals surface area contributed by atoms with Crippen molar-refractivity contribution in [3.63, 3.8) is 0 Å². The Bertz CT molecular complexity index is 1180. The van der Waals surface area contributed by atoms with Crippen molar-refractivity contribution in [1.29, 1.82) is 0 Å². The third kappa shape index (κ3) is 6.29. The molecule has 0 aliphatic carbocycles. The maximum Gasteiger partial charge on any atom is 0.232 e. The van der Waals surface area contributed by atoms with Crippen molar-refractivity contribution < 1.29 is 9.47 Å². The fraction of sp³-hybridized carbons (Fsp3) is 0.375. The fourth-order valence-electron chi connectivity index (χ4n) is 4.04. The van der Waals surface area contributed by atoms with Crippen molar-refractivity contribution in [1.82, 2.24) is 25.3 Å². The molecule has 182 valence electrons. The third-order valence-electron chi connectivity index (χ3n) is 5.69. The molecule has 0 saturated carbocycles. The first-order chi connectivity index (χ1) is 17.1. The summed E-state index contributed by atoms with van der Waals surface area (Å²) >= 11 is 6.95. The lowest BCUT2D eigenvalue weighted by Crippen LogP contribution is -2.35. The van der Waals surface area contributed by atoms with Crippen molar-refractivity contribution in [3.8, 4) is 11.5 Å². The van der Waals surface area contributed by atoms with E-state index in [-0.39, 0.29) is 0 Å². The van der Waals surface area contributed by atoms with Crippen LogP contribution >= 0.6 is 24.0 Å². The van der Waals surface area contributed by atoms with Crippen LogP contribution in [0.2, 0.25) is 0 Å². The number of nitrogens with one attached hydrogen (secondary N) is 2. The highest BCUT2D eigenvalue weighted by molar-refractivity contribution is 7.99. The number of fused-ring (bicyclic) bond motifs is 1. The number of ether oxygens (including phenoxy) is 2. The Balaban J connectivity index is 1.29. The summed E-state index contributed by atoms with van der Waals surface area (Å²) in [4.78, 5) is 20.4. The molecule has 2 aliphatic rings. The van der Waals surface area contributed by atoms with Crippen molar-refractivity contribution in [2.24, 2.45) is 5.92 Å². The van der Waals surface area contributed by atoms with Crippen molar-refractivity contribution in [2.45, 2.75) is 36.5 Å². The molecule has 35 heavy (non-hydrogen) atoms. The highest BCUT2D eigenvalue weighted by Gasteiger charge is 2.20. The van der Waals surface area contributed by atoms with E-state index < -0.39 is 0 Å². The van der Waals surface area contributed by atoms with Crippen LogP contribution in [0.25, 0.3) is 0 Å². The maximum atomic E-state index is 5.67. The Labute approximate surface area is 214 Å². The first kappa shape index (κ1) is 23.6. The number of aromatic nitrogens is 4. The molecule has 1 aromatic carbocycles. The number of anilines is 2. The number of nitrogens with zero attached hydrogens (tertiary/aromatic N) is 5. The van der Waals surface area contributed by atoms with Gasteiger partial charge >= 0.3 is 0 Å². The van der Waals surface area contributed by atoms with Gasteiger partial charge in [0.05, 0.1) is 0 Å². The van der Waals surface area contributed by atoms with Gasteiger partial charge in [-0.3, -0.25) is 0 Å². The normalized spacial score (nSPS) is 17.1. The summed E-state index contributed by atoms with van der Waals surface area (Å²) in [7, 11) is 0. The average molecular weight is 510 g/mol. The molecule has 2 N–H and O–H groups in total. The average Bonchev–Trinajstić information content (AvgIpc) is 2.88. The van der Waals surface area contributed by atoms with Crippen LogP contribution in [0.3, 0.4) is 0 Å². The van der Waals surface area contributed by atoms with Gasteiger partial charge in [-0.25, -0.2) is 15.0 Å². The smallest absolute Gasteiger partial charge is 0.232 e. The van der Waals surface area contributed by atoms with Gasteiger partial charge in [0.2, 0.25) is 5.95 Å². The number of piperidine rings is 1. The zero-order valence-electron chi connectivity index (χ0n) is 19.4. The minimum Gasteiger partial charge on any atom is -0.486 e. The predicted molar refractivity (Wildman–Crippen MR) is 139 cm³/mol. The summed E-state index contributed by atoms with van der Waals surface area (Å²) in [5, 5.41) is 8.22. The Morgan fingerprint density at radius 3 is 2.80 bits per heavy atom. The van der Waals surface area contributed by atoms with Gasteiger partial charge in [0.1, 0.15) is 24.1 Å². The molecule has 5 rings (SSSR count). The summed E-state index contributed by atoms with van der Waals surface area (Å²) in [5.41, 5.74) is 1.04. The molecule has 1 saturated heterocycles. The van der Waals surface area contributed by atoms with Crippen molar-refractivity contribution in [2.75, 3.05) is 36.5 Å². The minimum absolute atomic E-state index is 0.441. The molecule has 2 aliphatic heterocycles. The SMILES string of the molecule is CC1CCCN(c2cc(Sc3ncccn3)nc(NC(=S)NCc3ccc4c(c3)OCCO4)n2)C1. The van der Waals surface area contributed by atoms with Crippen LogP contribution in [-0.2, 0) is 6.54 Å². The topological polar surface area (TPSA) is 97.3 Å². The van der Waals surface area contributed by atoms with Gasteiger partial charge in [-0.2, -0.15) is 4.98 Å². The number of thiocarbonyl (C=S) groups is 1. The largest absolute Gasteiger partial charge is 0.486 e. The zero-order chi connectivity index (χ0) is 24.0. The lowest BCUT2D eigenvalue weighted by Gasteiger charge is -2.32. The standard InChI is InChI=1S/C24H27N7O2S2/c1-16-4-2-9-31(15-16)20-13-21(35-24-25-7-3-8-26-24)29-22(28-20)30-23(34)27-14-17-5-6-18-19(12-17)33-11-10-32-18/h3,5-8,12-13,16H,2,4,9-11,14-15H2,1H3,(H2,27,28,29,30,34). The third-order valence-corrected chi connectivity index (χ3v) is 6.75. The summed E-state index contributed by atoms with van der Waals surface area (Å²) in [5.74, 6) is 3.47. The number of benzene rings is 1. The molecular formula is C24H27N7O2S2. The van der Waals surface area contributed by atoms with E-state index in [4.69, 9.17) is 26.7 Å². The monoisotopic (exact) mass is 509 g/mol. The Morgan fingerprint density at radius 2 is 1.97 bits per heavy atom. The second-order valence-corrected chi connectivity index (χ2v) is 9.90. The van der Waals surface area contributed by atoms with E-state index in [9.17, 15) is 0 Å². The van der Waals surface area contributed by atoms with E-state index in [0.717, 1.165) is 47.4 Å². The van der Waals surface area contributed by atoms with E-state index in [1.165, 1.54) is 18.2 Å². The molecule has 0 amide bonds. The van der Waals surface area contributed by atoms with Crippen LogP contribution in [-0.4, -0.2) is 51.4 Å². The Hall–Kier alpha value is -3.18. The van der Waals surface area contributed by atoms with Gasteiger partial charge in [0.15, 0.2) is 21.8 Å². The lowest BCUT2D eigenvalue weighted by molar-refractivity contribution is 0.171. The quantitative estimate of drug-likeness (QED) is 0.287. The molecule has 1 unspecified atom stereocenters. The Kier molecular flexibility index (Phi) is 7.43. The van der Waals surface area contributed by atoms with Gasteiger partial charge in [0, 0.05) is 38.1 Å². The first-order valence-corrected chi connectivity index (χ1v) is 12.9. The molecule has 4 heterocycles. The molecular weight excluding hydrogens is 482 g/mol. The summed E-state index contributed by atoms with van der Waals surface area (Å²) in [6.45, 7) is 5.88. The molecule has 9 nitrogen and oxygen atoms in total. The summed E-state index contributed by atoms with van der Waals surface area (Å²) in [6.07, 6.45) is 5.83. The summed E-state index contributed by atoms with van der Waals surface area (Å²) in [6, 6.07) is 9.67. The van der Waals surface area contributed by atoms with E-state index in [0.29, 0.717) is 41.9 Å². The minimum atomic E-state index is 0.441. The van der Waals surface area contributed by atoms with Crippen LogP contribution in [0.15, 0.2) is 52.9 Å². The molecule has 0 bridgehead atoms. The van der Waals surface area contributed by atoms with E-state index in [1.54, 1.807) is 18.5 Å². The molecule has 0 spiro atoms. The van der Waals surface area contributed by atoms with Crippen molar-refractivity contribution >= 4 is 40.9 Å². The molecule has 2 aromatic heterocycles. The van der Waals surface area contributed by atoms with Crippen LogP contribution in [0.4, 0.5) is 11.8 Å². The zero-order valence-corrected chi connectivity index (χ0v) is 21.1. The highest BCUT2D eigenvalue weighted by Crippen LogP contribution is 2.31. The molecule has 1 fully saturated rings. The van der Waals surface area contributed by atoms with Gasteiger partial charge in [-0.1, -0.05) is 13.0 Å². The molecule has 11 heteroatoms. The fourth-order valence-corrected chi connectivity index (χ4v) is 4.91. The van der Waals surface area contributed by atoms with Gasteiger partial charge in [-0.05, 0) is 66.5 Å².